The summed E-state index contributed by atoms with van der Waals surface area (Å²) in [5.74, 6) is -1.98. The molecule has 3 heteroatoms. The summed E-state index contributed by atoms with van der Waals surface area (Å²) in [6.07, 6.45) is 0.676. The third kappa shape index (κ3) is 2.44. The fourth-order valence-electron chi connectivity index (χ4n) is 2.89. The Hall–Kier alpha value is -2.81. The summed E-state index contributed by atoms with van der Waals surface area (Å²) in [7, 11) is 0. The molecule has 0 saturated heterocycles. The summed E-state index contributed by atoms with van der Waals surface area (Å²) in [5, 5.41) is 0. The minimum absolute atomic E-state index is 0.00454. The van der Waals surface area contributed by atoms with Crippen molar-refractivity contribution in [1.29, 1.82) is 0 Å². The normalized spacial score (nSPS) is 11.2. The van der Waals surface area contributed by atoms with Crippen molar-refractivity contribution in [3.8, 4) is 0 Å². The predicted molar refractivity (Wildman–Crippen MR) is 85.2 cm³/mol. The summed E-state index contributed by atoms with van der Waals surface area (Å²) in [6, 6.07) is 21.6. The fourth-order valence-corrected chi connectivity index (χ4v) is 2.89. The highest BCUT2D eigenvalue weighted by molar-refractivity contribution is 5.81. The molecule has 0 N–H and O–H groups in total. The minimum atomic E-state index is -1.39. The third-order valence-electron chi connectivity index (χ3n) is 4.01. The Bertz CT molecular complexity index is 774. The molecule has 0 heterocycles. The van der Waals surface area contributed by atoms with Crippen LogP contribution in [0.15, 0.2) is 78.9 Å². The molecule has 0 spiro atoms. The van der Waals surface area contributed by atoms with Crippen molar-refractivity contribution >= 4 is 6.29 Å². The molecule has 0 aliphatic rings. The van der Waals surface area contributed by atoms with Crippen LogP contribution in [0.1, 0.15) is 16.7 Å². The molecule has 0 aliphatic heterocycles. The van der Waals surface area contributed by atoms with Crippen LogP contribution in [0.5, 0.6) is 0 Å². The maximum Gasteiger partial charge on any atom is 0.163 e. The van der Waals surface area contributed by atoms with Gasteiger partial charge in [0.25, 0.3) is 0 Å². The van der Waals surface area contributed by atoms with E-state index in [4.69, 9.17) is 0 Å². The largest absolute Gasteiger partial charge is 0.302 e. The lowest BCUT2D eigenvalue weighted by Crippen LogP contribution is -2.32. The smallest absolute Gasteiger partial charge is 0.163 e. The second-order valence-corrected chi connectivity index (χ2v) is 5.26. The summed E-state index contributed by atoms with van der Waals surface area (Å²) in [6.45, 7) is 0. The Kier molecular flexibility index (Phi) is 4.02. The molecule has 23 heavy (non-hydrogen) atoms. The van der Waals surface area contributed by atoms with Crippen molar-refractivity contribution in [3.63, 3.8) is 0 Å². The SMILES string of the molecule is O=CC(c1ccccc1)(c1ccccc1)c1cccc(F)c1F. The maximum atomic E-state index is 14.5. The molecule has 0 aliphatic carbocycles. The zero-order valence-corrected chi connectivity index (χ0v) is 12.2. The summed E-state index contributed by atoms with van der Waals surface area (Å²) in [4.78, 5) is 12.2. The molecular formula is C20H14F2O. The van der Waals surface area contributed by atoms with Crippen LogP contribution in [0.3, 0.4) is 0 Å². The van der Waals surface area contributed by atoms with Crippen LogP contribution in [0.25, 0.3) is 0 Å². The molecule has 1 nitrogen and oxygen atoms in total. The van der Waals surface area contributed by atoms with Gasteiger partial charge in [0.05, 0.1) is 0 Å². The quantitative estimate of drug-likeness (QED) is 0.512. The Morgan fingerprint density at radius 3 is 1.70 bits per heavy atom. The van der Waals surface area contributed by atoms with Crippen LogP contribution in [0, 0.1) is 11.6 Å². The Morgan fingerprint density at radius 1 is 0.696 bits per heavy atom. The molecule has 3 aromatic carbocycles. The molecule has 0 amide bonds. The van der Waals surface area contributed by atoms with E-state index in [-0.39, 0.29) is 5.56 Å². The summed E-state index contributed by atoms with van der Waals surface area (Å²) in [5.41, 5.74) is -0.212. The van der Waals surface area contributed by atoms with Crippen LogP contribution in [0.2, 0.25) is 0 Å². The van der Waals surface area contributed by atoms with Crippen LogP contribution in [0.4, 0.5) is 8.78 Å². The highest BCUT2D eigenvalue weighted by atomic mass is 19.2. The van der Waals surface area contributed by atoms with Crippen LogP contribution >= 0.6 is 0 Å². The van der Waals surface area contributed by atoms with Crippen LogP contribution < -0.4 is 0 Å². The van der Waals surface area contributed by atoms with Gasteiger partial charge in [0.1, 0.15) is 11.7 Å². The molecule has 0 aromatic heterocycles. The number of carbonyl (C=O) groups excluding carboxylic acids is 1. The molecule has 0 fully saturated rings. The van der Waals surface area contributed by atoms with Gasteiger partial charge in [-0.25, -0.2) is 8.78 Å². The van der Waals surface area contributed by atoms with E-state index in [1.165, 1.54) is 12.1 Å². The molecule has 0 saturated carbocycles. The van der Waals surface area contributed by atoms with Gasteiger partial charge in [-0.2, -0.15) is 0 Å². The molecule has 114 valence electrons. The number of hydrogen-bond acceptors (Lipinski definition) is 1. The monoisotopic (exact) mass is 308 g/mol. The van der Waals surface area contributed by atoms with Gasteiger partial charge in [-0.1, -0.05) is 72.8 Å². The highest BCUT2D eigenvalue weighted by Crippen LogP contribution is 2.39. The lowest BCUT2D eigenvalue weighted by Gasteiger charge is -2.30. The number of hydrogen-bond donors (Lipinski definition) is 0. The van der Waals surface area contributed by atoms with E-state index >= 15 is 0 Å². The number of halogens is 2. The van der Waals surface area contributed by atoms with E-state index in [0.29, 0.717) is 17.4 Å². The average molecular weight is 308 g/mol. The van der Waals surface area contributed by atoms with Crippen molar-refractivity contribution in [1.82, 2.24) is 0 Å². The van der Waals surface area contributed by atoms with Gasteiger partial charge in [-0.15, -0.1) is 0 Å². The van der Waals surface area contributed by atoms with Crippen molar-refractivity contribution in [2.75, 3.05) is 0 Å². The minimum Gasteiger partial charge on any atom is -0.302 e. The zero-order valence-electron chi connectivity index (χ0n) is 12.2. The Morgan fingerprint density at radius 2 is 1.22 bits per heavy atom. The first kappa shape index (κ1) is 15.1. The lowest BCUT2D eigenvalue weighted by molar-refractivity contribution is -0.110. The van der Waals surface area contributed by atoms with Gasteiger partial charge in [0.2, 0.25) is 0 Å². The second kappa shape index (κ2) is 6.13. The van der Waals surface area contributed by atoms with Crippen LogP contribution in [-0.2, 0) is 10.2 Å². The van der Waals surface area contributed by atoms with E-state index in [9.17, 15) is 13.6 Å². The van der Waals surface area contributed by atoms with Crippen molar-refractivity contribution in [3.05, 3.63) is 107 Å². The Balaban J connectivity index is 2.39. The standard InChI is InChI=1S/C20H14F2O/c21-18-13-7-12-17(19(18)22)20(14-23,15-8-3-1-4-9-15)16-10-5-2-6-11-16/h1-14H. The zero-order chi connectivity index (χ0) is 16.3. The van der Waals surface area contributed by atoms with E-state index in [0.717, 1.165) is 6.07 Å². The maximum absolute atomic E-state index is 14.5. The average Bonchev–Trinajstić information content (AvgIpc) is 2.61. The first-order chi connectivity index (χ1) is 11.2. The molecule has 0 bridgehead atoms. The van der Waals surface area contributed by atoms with Gasteiger partial charge in [0, 0.05) is 5.56 Å². The van der Waals surface area contributed by atoms with Gasteiger partial charge in [-0.3, -0.25) is 0 Å². The van der Waals surface area contributed by atoms with E-state index in [2.05, 4.69) is 0 Å². The number of carbonyl (C=O) groups is 1. The topological polar surface area (TPSA) is 17.1 Å². The summed E-state index contributed by atoms with van der Waals surface area (Å²) >= 11 is 0. The van der Waals surface area contributed by atoms with Crippen molar-refractivity contribution < 1.29 is 13.6 Å². The molecule has 3 rings (SSSR count). The van der Waals surface area contributed by atoms with E-state index < -0.39 is 17.0 Å². The molecule has 0 radical (unpaired) electrons. The van der Waals surface area contributed by atoms with Gasteiger partial charge < -0.3 is 4.79 Å². The first-order valence-electron chi connectivity index (χ1n) is 7.22. The lowest BCUT2D eigenvalue weighted by atomic mass is 9.70. The first-order valence-corrected chi connectivity index (χ1v) is 7.22. The van der Waals surface area contributed by atoms with Gasteiger partial charge >= 0.3 is 0 Å². The number of aldehydes is 1. The third-order valence-corrected chi connectivity index (χ3v) is 4.01. The van der Waals surface area contributed by atoms with Gasteiger partial charge in [0.15, 0.2) is 11.6 Å². The molecule has 0 atom stereocenters. The van der Waals surface area contributed by atoms with Crippen molar-refractivity contribution in [2.24, 2.45) is 0 Å². The Labute approximate surface area is 133 Å². The molecule has 3 aromatic rings. The fraction of sp³-hybridized carbons (Fsp3) is 0.0500. The molecule has 0 unspecified atom stereocenters. The number of benzene rings is 3. The van der Waals surface area contributed by atoms with E-state index in [1.807, 2.05) is 12.1 Å². The highest BCUT2D eigenvalue weighted by Gasteiger charge is 2.39. The predicted octanol–water partition coefficient (Wildman–Crippen LogP) is 4.50. The summed E-state index contributed by atoms with van der Waals surface area (Å²) < 4.78 is 28.3. The molecular weight excluding hydrogens is 294 g/mol. The van der Waals surface area contributed by atoms with Crippen LogP contribution in [-0.4, -0.2) is 6.29 Å². The van der Waals surface area contributed by atoms with Gasteiger partial charge in [-0.05, 0) is 17.2 Å². The number of rotatable bonds is 4. The second-order valence-electron chi connectivity index (χ2n) is 5.26. The van der Waals surface area contributed by atoms with Crippen molar-refractivity contribution in [2.45, 2.75) is 5.41 Å². The van der Waals surface area contributed by atoms with E-state index in [1.54, 1.807) is 48.5 Å².